The van der Waals surface area contributed by atoms with Crippen LogP contribution in [0.1, 0.15) is 104 Å². The van der Waals surface area contributed by atoms with Crippen LogP contribution < -0.4 is 30.3 Å². The van der Waals surface area contributed by atoms with Crippen molar-refractivity contribution in [2.75, 3.05) is 71.5 Å². The van der Waals surface area contributed by atoms with Gasteiger partial charge in [0.2, 0.25) is 11.8 Å². The molecule has 20 heteroatoms. The third-order valence-corrected chi connectivity index (χ3v) is 17.0. The summed E-state index contributed by atoms with van der Waals surface area (Å²) in [6.45, 7) is 5.10. The largest absolute Gasteiger partial charge is 0.488 e. The summed E-state index contributed by atoms with van der Waals surface area (Å²) in [4.78, 5) is 57.3. The summed E-state index contributed by atoms with van der Waals surface area (Å²) in [7, 11) is 4.48. The minimum absolute atomic E-state index is 0.0101. The first-order valence-corrected chi connectivity index (χ1v) is 26.7. The number of ether oxygens (including phenoxy) is 3. The molecule has 1 aliphatic carbocycles. The number of fused-ring (bicyclic) bond motifs is 2. The number of hydrogen-bond acceptors (Lipinski definition) is 10. The first-order chi connectivity index (χ1) is 36.6. The van der Waals surface area contributed by atoms with Gasteiger partial charge in [0.25, 0.3) is 5.91 Å². The molecule has 2 atom stereocenters. The number of imide groups is 1. The fraction of sp³-hybridized carbons (Fsp3) is 0.482. The number of urea groups is 1. The summed E-state index contributed by atoms with van der Waals surface area (Å²) in [6, 6.07) is 14.5. The lowest BCUT2D eigenvalue weighted by molar-refractivity contribution is -0.138. The highest BCUT2D eigenvalue weighted by atomic mass is 35.5. The smallest absolute Gasteiger partial charge is 0.329 e. The number of anilines is 1. The van der Waals surface area contributed by atoms with Gasteiger partial charge in [-0.3, -0.25) is 29.3 Å². The van der Waals surface area contributed by atoms with E-state index < -0.39 is 52.6 Å². The molecule has 0 radical (unpaired) electrons. The molecule has 5 aliphatic rings. The second kappa shape index (κ2) is 22.0. The van der Waals surface area contributed by atoms with E-state index in [1.54, 1.807) is 7.05 Å². The predicted molar refractivity (Wildman–Crippen MR) is 278 cm³/mol. The van der Waals surface area contributed by atoms with Crippen LogP contribution in [0.25, 0.3) is 22.0 Å². The van der Waals surface area contributed by atoms with Crippen molar-refractivity contribution < 1.29 is 51.0 Å². The Hall–Kier alpha value is -6.28. The lowest BCUT2D eigenvalue weighted by Crippen LogP contribution is -2.51. The second-order valence-electron chi connectivity index (χ2n) is 20.7. The van der Waals surface area contributed by atoms with Gasteiger partial charge in [-0.25, -0.2) is 22.4 Å². The Balaban J connectivity index is 0.763. The number of rotatable bonds is 14. The molecule has 0 unspecified atom stereocenters. The molecule has 4 aliphatic heterocycles. The molecule has 5 amide bonds. The lowest BCUT2D eigenvalue weighted by atomic mass is 9.77. The number of halogens is 5. The summed E-state index contributed by atoms with van der Waals surface area (Å²) in [5.41, 5.74) is 0.0444. The highest BCUT2D eigenvalue weighted by Crippen LogP contribution is 2.57. The zero-order valence-electron chi connectivity index (χ0n) is 43.1. The zero-order chi connectivity index (χ0) is 53.6. The molecule has 0 bridgehead atoms. The van der Waals surface area contributed by atoms with Crippen LogP contribution in [0.3, 0.4) is 0 Å². The molecule has 76 heavy (non-hydrogen) atoms. The number of aryl methyl sites for hydroxylation is 1. The highest BCUT2D eigenvalue weighted by Gasteiger charge is 2.50. The van der Waals surface area contributed by atoms with E-state index in [0.717, 1.165) is 31.2 Å². The number of likely N-dealkylation sites (tertiary alicyclic amines) is 2. The molecule has 3 saturated heterocycles. The van der Waals surface area contributed by atoms with Crippen molar-refractivity contribution >= 4 is 52.1 Å². The van der Waals surface area contributed by atoms with Gasteiger partial charge in [-0.2, -0.15) is 5.10 Å². The van der Waals surface area contributed by atoms with Crippen molar-refractivity contribution in [2.45, 2.75) is 94.2 Å². The van der Waals surface area contributed by atoms with Crippen molar-refractivity contribution in [3.05, 3.63) is 105 Å². The van der Waals surface area contributed by atoms with Gasteiger partial charge >= 0.3 is 6.03 Å². The Labute approximate surface area is 443 Å². The third kappa shape index (κ3) is 9.76. The number of hydrogen-bond donors (Lipinski definition) is 3. The van der Waals surface area contributed by atoms with Gasteiger partial charge < -0.3 is 34.6 Å². The van der Waals surface area contributed by atoms with Gasteiger partial charge in [0, 0.05) is 106 Å². The van der Waals surface area contributed by atoms with E-state index in [1.807, 2.05) is 42.2 Å². The lowest BCUT2D eigenvalue weighted by Gasteiger charge is -2.43. The first kappa shape index (κ1) is 53.1. The van der Waals surface area contributed by atoms with Crippen molar-refractivity contribution in [3.8, 4) is 22.6 Å². The van der Waals surface area contributed by atoms with Crippen LogP contribution in [0, 0.1) is 29.2 Å². The van der Waals surface area contributed by atoms with Crippen molar-refractivity contribution in [3.63, 3.8) is 0 Å². The minimum atomic E-state index is -1.11. The van der Waals surface area contributed by atoms with E-state index in [1.165, 1.54) is 48.0 Å². The van der Waals surface area contributed by atoms with Gasteiger partial charge in [0.1, 0.15) is 29.5 Å². The number of benzene rings is 4. The fourth-order valence-corrected chi connectivity index (χ4v) is 12.7. The van der Waals surface area contributed by atoms with Crippen LogP contribution in [-0.2, 0) is 27.0 Å². The quantitative estimate of drug-likeness (QED) is 0.0726. The van der Waals surface area contributed by atoms with Crippen molar-refractivity contribution in [2.24, 2.45) is 13.0 Å². The summed E-state index contributed by atoms with van der Waals surface area (Å²) in [5, 5.41) is 12.7. The van der Waals surface area contributed by atoms with Crippen LogP contribution in [0.5, 0.6) is 11.5 Å². The molecule has 404 valence electrons. The van der Waals surface area contributed by atoms with Gasteiger partial charge in [-0.15, -0.1) is 0 Å². The van der Waals surface area contributed by atoms with E-state index in [4.69, 9.17) is 25.8 Å². The Morgan fingerprint density at radius 3 is 2.28 bits per heavy atom. The first-order valence-electron chi connectivity index (χ1n) is 26.3. The van der Waals surface area contributed by atoms with Gasteiger partial charge in [0.05, 0.1) is 22.6 Å². The molecule has 3 N–H and O–H groups in total. The summed E-state index contributed by atoms with van der Waals surface area (Å²) in [5.74, 6) is -4.79. The summed E-state index contributed by atoms with van der Waals surface area (Å²) in [6.07, 6.45) is 5.67. The molecule has 5 heterocycles. The average molecular weight is 1070 g/mol. The van der Waals surface area contributed by atoms with Crippen LogP contribution in [0.2, 0.25) is 5.02 Å². The SMILES string of the molecule is CNC(=O)c1ccc(OCCOC)c(F)c1-c1c(Cl)c(F)cc2c1[C@H](C)[C@@](CNC1CCC(C(=O)N3CCC(N4CCC(c5c(F)cc6c(N7CCC(=O)NC7=O)nn(C)c6c5F)CC4)CC3)CC1)(c1ccccc1)O2. The van der Waals surface area contributed by atoms with Gasteiger partial charge in [-0.1, -0.05) is 48.9 Å². The normalized spacial score (nSPS) is 22.7. The van der Waals surface area contributed by atoms with Gasteiger partial charge in [-0.05, 0) is 94.1 Å². The van der Waals surface area contributed by atoms with E-state index in [2.05, 4.69) is 25.9 Å². The number of carbonyl (C=O) groups excluding carboxylic acids is 4. The molecular weight excluding hydrogens is 1010 g/mol. The number of methoxy groups -OCH3 is 1. The van der Waals surface area contributed by atoms with E-state index in [9.17, 15) is 19.2 Å². The molecule has 5 aromatic rings. The van der Waals surface area contributed by atoms with Crippen molar-refractivity contribution in [1.82, 2.24) is 35.5 Å². The maximum atomic E-state index is 16.8. The summed E-state index contributed by atoms with van der Waals surface area (Å²) < 4.78 is 84.0. The topological polar surface area (TPSA) is 160 Å². The second-order valence-corrected chi connectivity index (χ2v) is 21.1. The number of aromatic nitrogens is 2. The Morgan fingerprint density at radius 1 is 0.868 bits per heavy atom. The highest BCUT2D eigenvalue weighted by molar-refractivity contribution is 6.34. The molecule has 1 aromatic heterocycles. The molecule has 15 nitrogen and oxygen atoms in total. The maximum absolute atomic E-state index is 16.8. The molecule has 1 saturated carbocycles. The number of nitrogens with zero attached hydrogens (tertiary/aromatic N) is 5. The predicted octanol–water partition coefficient (Wildman–Crippen LogP) is 8.69. The molecule has 4 fully saturated rings. The third-order valence-electron chi connectivity index (χ3n) is 16.6. The van der Waals surface area contributed by atoms with E-state index in [-0.39, 0.29) is 112 Å². The van der Waals surface area contributed by atoms with E-state index in [0.29, 0.717) is 64.0 Å². The monoisotopic (exact) mass is 1070 g/mol. The Bertz CT molecular complexity index is 3050. The van der Waals surface area contributed by atoms with Gasteiger partial charge in [0.15, 0.2) is 28.8 Å². The fourth-order valence-electron chi connectivity index (χ4n) is 12.5. The Kier molecular flexibility index (Phi) is 15.4. The molecule has 10 rings (SSSR count). The van der Waals surface area contributed by atoms with E-state index >= 15 is 17.6 Å². The summed E-state index contributed by atoms with van der Waals surface area (Å²) >= 11 is 6.82. The number of nitrogens with one attached hydrogen (secondary N) is 3. The van der Waals surface area contributed by atoms with Crippen LogP contribution >= 0.6 is 11.6 Å². The van der Waals surface area contributed by atoms with Crippen LogP contribution in [0.4, 0.5) is 28.2 Å². The minimum Gasteiger partial charge on any atom is -0.488 e. The Morgan fingerprint density at radius 2 is 1.59 bits per heavy atom. The zero-order valence-corrected chi connectivity index (χ0v) is 43.8. The van der Waals surface area contributed by atoms with Crippen LogP contribution in [0.15, 0.2) is 54.6 Å². The van der Waals surface area contributed by atoms with Crippen molar-refractivity contribution in [1.29, 1.82) is 0 Å². The molecule has 0 spiro atoms. The number of piperidine rings is 2. The standard InChI is InChI=1S/C56H63ClF4N8O7/c1-31-44-42(29-40(59)48(57)47(44)46-37(53(71)62-2)14-15-41(49(46)60)75-27-26-74-4)76-56(31,34-8-6-5-7-9-34)30-63-35-12-10-33(11-13-35)54(72)68-23-18-36(19-24-68)67-21-16-32(17-22-67)45-39(58)28-38-51(50(45)61)66(3)65-52(38)69-25-20-43(70)64-55(69)73/h5-9,14-15,28-29,31-33,35-36,63H,10-13,16-27,30H2,1-4H3,(H,62,71)(H,64,70,73)/t31-,33?,35?,56-/m0/s1. The number of carbonyl (C=O) groups is 4. The molecular formula is C56H63ClF4N8O7. The number of amides is 5. The average Bonchev–Trinajstić information content (AvgIpc) is 4.01. The molecule has 4 aromatic carbocycles. The van der Waals surface area contributed by atoms with Crippen LogP contribution in [-0.4, -0.2) is 122 Å². The maximum Gasteiger partial charge on any atom is 0.329 e.